The van der Waals surface area contributed by atoms with Crippen molar-refractivity contribution in [3.05, 3.63) is 18.2 Å². The minimum Gasteiger partial charge on any atom is -0.387 e. The quantitative estimate of drug-likeness (QED) is 0.527. The van der Waals surface area contributed by atoms with Gasteiger partial charge < -0.3 is 10.7 Å². The van der Waals surface area contributed by atoms with Crippen molar-refractivity contribution >= 4 is 5.84 Å². The number of nitrogens with two attached hydrogens (primary N) is 1. The number of imidazole rings is 1. The van der Waals surface area contributed by atoms with Gasteiger partial charge in [0.05, 0.1) is 12.2 Å². The van der Waals surface area contributed by atoms with Gasteiger partial charge in [-0.25, -0.2) is 4.98 Å². The lowest BCUT2D eigenvalue weighted by atomic mass is 10.3. The molecule has 0 unspecified atom stereocenters. The van der Waals surface area contributed by atoms with Gasteiger partial charge in [0.25, 0.3) is 0 Å². The average Bonchev–Trinajstić information content (AvgIpc) is 2.86. The first-order valence-corrected chi connectivity index (χ1v) is 4.63. The first-order valence-electron chi connectivity index (χ1n) is 4.63. The van der Waals surface area contributed by atoms with Crippen molar-refractivity contribution in [3.8, 4) is 0 Å². The number of aliphatic imine (C=N–C) groups is 1. The number of hydrogen-bond donors (Lipinski definition) is 2. The SMILES string of the molecule is NC(=NCCc1cnc[nH]1)C1CC1. The van der Waals surface area contributed by atoms with Crippen LogP contribution in [0.15, 0.2) is 17.5 Å². The molecule has 3 N–H and O–H groups in total. The predicted molar refractivity (Wildman–Crippen MR) is 51.5 cm³/mol. The van der Waals surface area contributed by atoms with Gasteiger partial charge in [-0.15, -0.1) is 0 Å². The zero-order chi connectivity index (χ0) is 9.10. The first-order chi connectivity index (χ1) is 6.36. The summed E-state index contributed by atoms with van der Waals surface area (Å²) < 4.78 is 0. The van der Waals surface area contributed by atoms with Gasteiger partial charge in [-0.2, -0.15) is 0 Å². The van der Waals surface area contributed by atoms with Crippen molar-refractivity contribution in [1.29, 1.82) is 0 Å². The van der Waals surface area contributed by atoms with Crippen LogP contribution in [0.4, 0.5) is 0 Å². The fourth-order valence-corrected chi connectivity index (χ4v) is 1.24. The van der Waals surface area contributed by atoms with Crippen molar-refractivity contribution in [2.75, 3.05) is 6.54 Å². The van der Waals surface area contributed by atoms with Crippen molar-refractivity contribution in [3.63, 3.8) is 0 Å². The molecule has 13 heavy (non-hydrogen) atoms. The van der Waals surface area contributed by atoms with Crippen molar-refractivity contribution < 1.29 is 0 Å². The highest BCUT2D eigenvalue weighted by Crippen LogP contribution is 2.28. The topological polar surface area (TPSA) is 67.1 Å². The number of hydrogen-bond acceptors (Lipinski definition) is 2. The van der Waals surface area contributed by atoms with Crippen molar-refractivity contribution in [2.24, 2.45) is 16.6 Å². The van der Waals surface area contributed by atoms with E-state index in [0.29, 0.717) is 5.92 Å². The zero-order valence-electron chi connectivity index (χ0n) is 7.53. The van der Waals surface area contributed by atoms with E-state index < -0.39 is 0 Å². The highest BCUT2D eigenvalue weighted by molar-refractivity contribution is 5.84. The number of aromatic amines is 1. The van der Waals surface area contributed by atoms with E-state index >= 15 is 0 Å². The maximum absolute atomic E-state index is 5.74. The molecule has 0 aliphatic heterocycles. The molecule has 4 heteroatoms. The molecular formula is C9H14N4. The normalized spacial score (nSPS) is 17.7. The standard InChI is InChI=1S/C9H14N4/c10-9(7-1-2-7)12-4-3-8-5-11-6-13-8/h5-7H,1-4H2,(H2,10,12)(H,11,13). The Morgan fingerprint density at radius 1 is 1.69 bits per heavy atom. The summed E-state index contributed by atoms with van der Waals surface area (Å²) >= 11 is 0. The smallest absolute Gasteiger partial charge is 0.0968 e. The van der Waals surface area contributed by atoms with Crippen LogP contribution >= 0.6 is 0 Å². The molecule has 1 heterocycles. The van der Waals surface area contributed by atoms with Crippen LogP contribution in [0.5, 0.6) is 0 Å². The predicted octanol–water partition coefficient (Wildman–Crippen LogP) is 0.719. The van der Waals surface area contributed by atoms with Crippen LogP contribution in [-0.4, -0.2) is 22.3 Å². The van der Waals surface area contributed by atoms with Gasteiger partial charge >= 0.3 is 0 Å². The summed E-state index contributed by atoms with van der Waals surface area (Å²) in [5.74, 6) is 1.42. The molecule has 0 spiro atoms. The summed E-state index contributed by atoms with van der Waals surface area (Å²) in [5.41, 5.74) is 6.86. The maximum Gasteiger partial charge on any atom is 0.0968 e. The molecule has 70 valence electrons. The van der Waals surface area contributed by atoms with Crippen LogP contribution < -0.4 is 5.73 Å². The summed E-state index contributed by atoms with van der Waals surface area (Å²) in [6.45, 7) is 0.768. The number of aromatic nitrogens is 2. The Morgan fingerprint density at radius 2 is 2.54 bits per heavy atom. The molecule has 2 rings (SSSR count). The molecule has 1 aliphatic rings. The number of nitrogens with one attached hydrogen (secondary N) is 1. The molecule has 4 nitrogen and oxygen atoms in total. The molecule has 0 aromatic carbocycles. The molecule has 0 radical (unpaired) electrons. The Balaban J connectivity index is 1.76. The van der Waals surface area contributed by atoms with Crippen LogP contribution in [0.3, 0.4) is 0 Å². The Hall–Kier alpha value is -1.32. The molecular weight excluding hydrogens is 164 g/mol. The minimum atomic E-state index is 0.585. The fraction of sp³-hybridized carbons (Fsp3) is 0.556. The third kappa shape index (κ3) is 2.31. The summed E-state index contributed by atoms with van der Waals surface area (Å²) in [4.78, 5) is 11.3. The first kappa shape index (κ1) is 8.29. The van der Waals surface area contributed by atoms with Gasteiger partial charge in [0.2, 0.25) is 0 Å². The lowest BCUT2D eigenvalue weighted by molar-refractivity contribution is 0.920. The Morgan fingerprint density at radius 3 is 3.15 bits per heavy atom. The van der Waals surface area contributed by atoms with Crippen LogP contribution in [0, 0.1) is 5.92 Å². The van der Waals surface area contributed by atoms with Crippen LogP contribution in [0.25, 0.3) is 0 Å². The molecule has 1 aliphatic carbocycles. The lowest BCUT2D eigenvalue weighted by Gasteiger charge is -1.96. The van der Waals surface area contributed by atoms with Gasteiger partial charge in [-0.05, 0) is 12.8 Å². The van der Waals surface area contributed by atoms with Crippen LogP contribution in [0.2, 0.25) is 0 Å². The van der Waals surface area contributed by atoms with Crippen LogP contribution in [-0.2, 0) is 6.42 Å². The molecule has 1 aromatic heterocycles. The maximum atomic E-state index is 5.74. The largest absolute Gasteiger partial charge is 0.387 e. The summed E-state index contributed by atoms with van der Waals surface area (Å²) in [6, 6.07) is 0. The van der Waals surface area contributed by atoms with E-state index in [2.05, 4.69) is 15.0 Å². The van der Waals surface area contributed by atoms with Crippen LogP contribution in [0.1, 0.15) is 18.5 Å². The Bertz CT molecular complexity index is 285. The number of nitrogens with zero attached hydrogens (tertiary/aromatic N) is 2. The van der Waals surface area contributed by atoms with Gasteiger partial charge in [0.1, 0.15) is 0 Å². The highest BCUT2D eigenvalue weighted by Gasteiger charge is 2.24. The molecule has 0 atom stereocenters. The van der Waals surface area contributed by atoms with E-state index in [0.717, 1.165) is 24.5 Å². The van der Waals surface area contributed by atoms with E-state index in [1.807, 2.05) is 6.20 Å². The van der Waals surface area contributed by atoms with Crippen molar-refractivity contribution in [1.82, 2.24) is 9.97 Å². The molecule has 1 saturated carbocycles. The van der Waals surface area contributed by atoms with E-state index in [-0.39, 0.29) is 0 Å². The summed E-state index contributed by atoms with van der Waals surface area (Å²) in [7, 11) is 0. The van der Waals surface area contributed by atoms with E-state index in [4.69, 9.17) is 5.73 Å². The van der Waals surface area contributed by atoms with Gasteiger partial charge in [0.15, 0.2) is 0 Å². The molecule has 1 fully saturated rings. The van der Waals surface area contributed by atoms with Gasteiger partial charge in [-0.1, -0.05) is 0 Å². The van der Waals surface area contributed by atoms with E-state index in [1.54, 1.807) is 6.33 Å². The second-order valence-electron chi connectivity index (χ2n) is 3.41. The fourth-order valence-electron chi connectivity index (χ4n) is 1.24. The molecule has 0 amide bonds. The zero-order valence-corrected chi connectivity index (χ0v) is 7.53. The summed E-state index contributed by atoms with van der Waals surface area (Å²) in [5, 5.41) is 0. The van der Waals surface area contributed by atoms with Gasteiger partial charge in [0, 0.05) is 30.8 Å². The average molecular weight is 178 g/mol. The molecule has 0 saturated heterocycles. The number of amidine groups is 1. The van der Waals surface area contributed by atoms with Crippen molar-refractivity contribution in [2.45, 2.75) is 19.3 Å². The molecule has 0 bridgehead atoms. The minimum absolute atomic E-state index is 0.585. The third-order valence-electron chi connectivity index (χ3n) is 2.23. The number of rotatable bonds is 4. The highest BCUT2D eigenvalue weighted by atomic mass is 14.9. The monoisotopic (exact) mass is 178 g/mol. The van der Waals surface area contributed by atoms with E-state index in [9.17, 15) is 0 Å². The van der Waals surface area contributed by atoms with E-state index in [1.165, 1.54) is 12.8 Å². The lowest BCUT2D eigenvalue weighted by Crippen LogP contribution is -2.14. The van der Waals surface area contributed by atoms with Gasteiger partial charge in [-0.3, -0.25) is 4.99 Å². The Kier molecular flexibility index (Phi) is 2.29. The Labute approximate surface area is 77.3 Å². The third-order valence-corrected chi connectivity index (χ3v) is 2.23. The number of H-pyrrole nitrogens is 1. The second kappa shape index (κ2) is 3.60. The molecule has 1 aromatic rings. The summed E-state index contributed by atoms with van der Waals surface area (Å²) in [6.07, 6.45) is 6.85. The second-order valence-corrected chi connectivity index (χ2v) is 3.41.